The smallest absolute Gasteiger partial charge is 0.0580 e. The molecule has 4 aliphatic rings. The van der Waals surface area contributed by atoms with Crippen molar-refractivity contribution in [1.29, 1.82) is 0 Å². The van der Waals surface area contributed by atoms with Gasteiger partial charge in [0.1, 0.15) is 0 Å². The Morgan fingerprint density at radius 2 is 1.44 bits per heavy atom. The predicted octanol–water partition coefficient (Wildman–Crippen LogP) is 6.91. The first-order chi connectivity index (χ1) is 15.4. The highest BCUT2D eigenvalue weighted by Crippen LogP contribution is 2.38. The number of likely N-dealkylation sites (tertiary alicyclic amines) is 1. The molecule has 4 fully saturated rings. The van der Waals surface area contributed by atoms with Crippen LogP contribution in [0.15, 0.2) is 0 Å². The Balaban J connectivity index is 0.000000450. The number of nitrogens with zero attached hydrogens (tertiary/aromatic N) is 1. The van der Waals surface area contributed by atoms with Gasteiger partial charge in [0, 0.05) is 25.1 Å². The number of ether oxygens (including phenoxy) is 2. The first-order valence-electron chi connectivity index (χ1n) is 14.1. The van der Waals surface area contributed by atoms with Gasteiger partial charge in [0.05, 0.1) is 18.8 Å². The highest BCUT2D eigenvalue weighted by molar-refractivity contribution is 4.92. The molecule has 0 amide bonds. The zero-order chi connectivity index (χ0) is 24.4. The molecule has 1 unspecified atom stereocenters. The van der Waals surface area contributed by atoms with Gasteiger partial charge in [-0.2, -0.15) is 0 Å². The second kappa shape index (κ2) is 19.2. The zero-order valence-electron chi connectivity index (χ0n) is 23.3. The topological polar surface area (TPSA) is 47.7 Å². The third-order valence-electron chi connectivity index (χ3n) is 6.26. The van der Waals surface area contributed by atoms with Crippen molar-refractivity contribution >= 4 is 0 Å². The van der Waals surface area contributed by atoms with Crippen molar-refractivity contribution in [3.8, 4) is 0 Å². The number of hydrogen-bond donors (Lipinski definition) is 1. The van der Waals surface area contributed by atoms with E-state index >= 15 is 0 Å². The number of nitrogens with two attached hydrogens (primary N) is 1. The SMILES string of the molecule is C1CCC(OC2CC2)CC1.CC.CC.CC(C)CN.CC(C)CN1CCC2(CCOC2)C1. The molecule has 4 heteroatoms. The van der Waals surface area contributed by atoms with Gasteiger partial charge < -0.3 is 20.1 Å². The summed E-state index contributed by atoms with van der Waals surface area (Å²) in [6.07, 6.45) is 13.5. The molecule has 2 saturated carbocycles. The zero-order valence-corrected chi connectivity index (χ0v) is 23.3. The summed E-state index contributed by atoms with van der Waals surface area (Å²) in [5.41, 5.74) is 5.72. The molecule has 4 rings (SSSR count). The maximum absolute atomic E-state index is 5.80. The van der Waals surface area contributed by atoms with E-state index in [1.54, 1.807) is 0 Å². The third kappa shape index (κ3) is 14.9. The molecule has 1 spiro atoms. The highest BCUT2D eigenvalue weighted by atomic mass is 16.5. The summed E-state index contributed by atoms with van der Waals surface area (Å²) in [6.45, 7) is 23.5. The van der Waals surface area contributed by atoms with E-state index < -0.39 is 0 Å². The Hall–Kier alpha value is -0.160. The van der Waals surface area contributed by atoms with Crippen molar-refractivity contribution in [2.75, 3.05) is 39.4 Å². The Bertz CT molecular complexity index is 398. The minimum Gasteiger partial charge on any atom is -0.381 e. The molecule has 2 N–H and O–H groups in total. The summed E-state index contributed by atoms with van der Waals surface area (Å²) in [4.78, 5) is 2.61. The van der Waals surface area contributed by atoms with Gasteiger partial charge in [-0.05, 0) is 63.5 Å². The van der Waals surface area contributed by atoms with Crippen molar-refractivity contribution in [2.24, 2.45) is 23.0 Å². The fourth-order valence-electron chi connectivity index (χ4n) is 4.35. The molecule has 2 heterocycles. The van der Waals surface area contributed by atoms with Gasteiger partial charge in [0.15, 0.2) is 0 Å². The van der Waals surface area contributed by atoms with E-state index in [9.17, 15) is 0 Å². The van der Waals surface area contributed by atoms with Crippen LogP contribution in [0.1, 0.15) is 113 Å². The van der Waals surface area contributed by atoms with Crippen LogP contribution < -0.4 is 5.73 Å². The largest absolute Gasteiger partial charge is 0.381 e. The van der Waals surface area contributed by atoms with Crippen LogP contribution in [0.2, 0.25) is 0 Å². The lowest BCUT2D eigenvalue weighted by Crippen LogP contribution is -2.30. The molecule has 1 atom stereocenters. The van der Waals surface area contributed by atoms with Gasteiger partial charge in [-0.1, -0.05) is 74.7 Å². The van der Waals surface area contributed by atoms with Crippen LogP contribution in [0.5, 0.6) is 0 Å². The van der Waals surface area contributed by atoms with Crippen molar-refractivity contribution in [3.63, 3.8) is 0 Å². The van der Waals surface area contributed by atoms with Crippen LogP contribution in [0.4, 0.5) is 0 Å². The quantitative estimate of drug-likeness (QED) is 0.488. The minimum absolute atomic E-state index is 0.550. The summed E-state index contributed by atoms with van der Waals surface area (Å²) >= 11 is 0. The fourth-order valence-corrected chi connectivity index (χ4v) is 4.35. The molecule has 0 aromatic heterocycles. The van der Waals surface area contributed by atoms with E-state index in [4.69, 9.17) is 15.2 Å². The molecule has 4 nitrogen and oxygen atoms in total. The van der Waals surface area contributed by atoms with Crippen molar-refractivity contribution in [2.45, 2.75) is 125 Å². The molecule has 2 aliphatic carbocycles. The summed E-state index contributed by atoms with van der Waals surface area (Å²) in [7, 11) is 0. The lowest BCUT2D eigenvalue weighted by Gasteiger charge is -2.22. The average Bonchev–Trinajstić information content (AvgIpc) is 3.37. The summed E-state index contributed by atoms with van der Waals surface area (Å²) < 4.78 is 11.3. The van der Waals surface area contributed by atoms with Crippen LogP contribution in [0.3, 0.4) is 0 Å². The van der Waals surface area contributed by atoms with Crippen molar-refractivity contribution < 1.29 is 9.47 Å². The van der Waals surface area contributed by atoms with Gasteiger partial charge in [-0.25, -0.2) is 0 Å². The predicted molar refractivity (Wildman–Crippen MR) is 141 cm³/mol. The third-order valence-corrected chi connectivity index (χ3v) is 6.26. The molecule has 0 radical (unpaired) electrons. The Morgan fingerprint density at radius 1 is 0.875 bits per heavy atom. The summed E-state index contributed by atoms with van der Waals surface area (Å²) in [6, 6.07) is 0. The number of rotatable bonds is 5. The van der Waals surface area contributed by atoms with Crippen LogP contribution in [0.25, 0.3) is 0 Å². The van der Waals surface area contributed by atoms with Gasteiger partial charge in [0.25, 0.3) is 0 Å². The van der Waals surface area contributed by atoms with Crippen LogP contribution in [-0.4, -0.2) is 56.5 Å². The standard InChI is InChI=1S/C11H21NO.C9H16O.C4H11N.2C2H6/c1-10(2)7-12-5-3-11(8-12)4-6-13-9-11;1-2-4-8(5-3-1)10-9-6-7-9;1-4(2)3-5;2*1-2/h10H,3-9H2,1-2H3;8-9H,1-7H2;4H,3,5H2,1-2H3;2*1-2H3. The summed E-state index contributed by atoms with van der Waals surface area (Å²) in [5, 5.41) is 0. The van der Waals surface area contributed by atoms with Gasteiger partial charge in [-0.3, -0.25) is 0 Å². The molecule has 2 aliphatic heterocycles. The highest BCUT2D eigenvalue weighted by Gasteiger charge is 2.41. The van der Waals surface area contributed by atoms with Crippen LogP contribution in [-0.2, 0) is 9.47 Å². The van der Waals surface area contributed by atoms with E-state index in [0.29, 0.717) is 23.5 Å². The second-order valence-electron chi connectivity index (χ2n) is 10.4. The van der Waals surface area contributed by atoms with E-state index in [0.717, 1.165) is 25.7 Å². The molecule has 32 heavy (non-hydrogen) atoms. The van der Waals surface area contributed by atoms with Crippen LogP contribution in [0, 0.1) is 17.3 Å². The molecule has 2 saturated heterocycles. The fraction of sp³-hybridized carbons (Fsp3) is 1.00. The first kappa shape index (κ1) is 31.8. The Morgan fingerprint density at radius 3 is 1.88 bits per heavy atom. The van der Waals surface area contributed by atoms with Gasteiger partial charge >= 0.3 is 0 Å². The Labute approximate surface area is 202 Å². The van der Waals surface area contributed by atoms with E-state index in [1.165, 1.54) is 77.4 Å². The summed E-state index contributed by atoms with van der Waals surface area (Å²) in [5.74, 6) is 1.47. The molecule has 194 valence electrons. The first-order valence-corrected chi connectivity index (χ1v) is 14.1. The van der Waals surface area contributed by atoms with E-state index in [2.05, 4.69) is 32.6 Å². The Kier molecular flexibility index (Phi) is 19.1. The lowest BCUT2D eigenvalue weighted by atomic mass is 9.87. The minimum atomic E-state index is 0.550. The van der Waals surface area contributed by atoms with Gasteiger partial charge in [0.2, 0.25) is 0 Å². The lowest BCUT2D eigenvalue weighted by molar-refractivity contribution is 0.0165. The average molecular weight is 457 g/mol. The molecule has 0 aromatic rings. The van der Waals surface area contributed by atoms with E-state index in [-0.39, 0.29) is 0 Å². The molecule has 0 bridgehead atoms. The van der Waals surface area contributed by atoms with E-state index in [1.807, 2.05) is 27.7 Å². The molecular weight excluding hydrogens is 396 g/mol. The normalized spacial score (nSPS) is 25.2. The second-order valence-corrected chi connectivity index (χ2v) is 10.4. The molecule has 0 aromatic carbocycles. The number of hydrogen-bond acceptors (Lipinski definition) is 4. The van der Waals surface area contributed by atoms with Crippen molar-refractivity contribution in [3.05, 3.63) is 0 Å². The van der Waals surface area contributed by atoms with Crippen LogP contribution >= 0.6 is 0 Å². The maximum Gasteiger partial charge on any atom is 0.0580 e. The maximum atomic E-state index is 5.80. The van der Waals surface area contributed by atoms with Gasteiger partial charge in [-0.15, -0.1) is 0 Å². The van der Waals surface area contributed by atoms with Crippen molar-refractivity contribution in [1.82, 2.24) is 4.90 Å². The molecular formula is C28H60N2O2. The monoisotopic (exact) mass is 456 g/mol.